The molecule has 1 heterocycles. The maximum absolute atomic E-state index is 13.2. The van der Waals surface area contributed by atoms with Crippen LogP contribution in [0.1, 0.15) is 72.1 Å². The summed E-state index contributed by atoms with van der Waals surface area (Å²) in [6, 6.07) is -0.0234. The van der Waals surface area contributed by atoms with Crippen molar-refractivity contribution >= 4 is 12.0 Å². The smallest absolute Gasteiger partial charge is 0.407 e. The fourth-order valence-corrected chi connectivity index (χ4v) is 4.62. The first-order chi connectivity index (χ1) is 11.6. The molecule has 4 rings (SSSR count). The fraction of sp³-hybridized carbons (Fsp3) is 0.895. The standard InChI is InChI=1S/C19H33N3O3/c1-17(2,3)25-16(24)21-14-5-4-12-22(13-14)15(23)18-6-9-19(20,10-7-18)11-8-18/h14H,4-13,20H2,1-3H3,(H,21,24). The molecule has 2 amide bonds. The summed E-state index contributed by atoms with van der Waals surface area (Å²) in [4.78, 5) is 27.2. The highest BCUT2D eigenvalue weighted by Crippen LogP contribution is 2.52. The van der Waals surface area contributed by atoms with Crippen molar-refractivity contribution in [3.05, 3.63) is 0 Å². The van der Waals surface area contributed by atoms with Gasteiger partial charge in [-0.2, -0.15) is 0 Å². The van der Waals surface area contributed by atoms with Crippen molar-refractivity contribution in [2.24, 2.45) is 11.1 Å². The van der Waals surface area contributed by atoms with E-state index in [1.165, 1.54) is 0 Å². The Labute approximate surface area is 150 Å². The summed E-state index contributed by atoms with van der Waals surface area (Å²) >= 11 is 0. The Morgan fingerprint density at radius 1 is 1.12 bits per heavy atom. The van der Waals surface area contributed by atoms with E-state index in [9.17, 15) is 9.59 Å². The molecule has 4 fully saturated rings. The molecule has 1 atom stereocenters. The van der Waals surface area contributed by atoms with Crippen LogP contribution in [-0.2, 0) is 9.53 Å². The average Bonchev–Trinajstić information content (AvgIpc) is 2.53. The van der Waals surface area contributed by atoms with Gasteiger partial charge in [-0.3, -0.25) is 4.79 Å². The Morgan fingerprint density at radius 2 is 1.72 bits per heavy atom. The van der Waals surface area contributed by atoms with Crippen LogP contribution in [0.3, 0.4) is 0 Å². The number of alkyl carbamates (subject to hydrolysis) is 1. The quantitative estimate of drug-likeness (QED) is 0.801. The molecular weight excluding hydrogens is 318 g/mol. The van der Waals surface area contributed by atoms with Crippen molar-refractivity contribution in [3.8, 4) is 0 Å². The van der Waals surface area contributed by atoms with Gasteiger partial charge in [0, 0.05) is 30.1 Å². The zero-order valence-electron chi connectivity index (χ0n) is 15.9. The molecule has 0 aromatic rings. The molecule has 3 aliphatic carbocycles. The van der Waals surface area contributed by atoms with Gasteiger partial charge in [0.2, 0.25) is 5.91 Å². The second kappa shape index (κ2) is 6.45. The predicted molar refractivity (Wildman–Crippen MR) is 96.0 cm³/mol. The molecule has 1 saturated heterocycles. The summed E-state index contributed by atoms with van der Waals surface area (Å²) in [5, 5.41) is 2.93. The van der Waals surface area contributed by atoms with Crippen LogP contribution >= 0.6 is 0 Å². The number of carbonyl (C=O) groups is 2. The zero-order valence-corrected chi connectivity index (χ0v) is 15.9. The van der Waals surface area contributed by atoms with Gasteiger partial charge in [0.1, 0.15) is 5.60 Å². The molecule has 6 nitrogen and oxygen atoms in total. The number of nitrogens with zero attached hydrogens (tertiary/aromatic N) is 1. The molecule has 1 unspecified atom stereocenters. The minimum atomic E-state index is -0.508. The van der Waals surface area contributed by atoms with E-state index in [0.717, 1.165) is 57.9 Å². The molecule has 142 valence electrons. The first-order valence-corrected chi connectivity index (χ1v) is 9.69. The van der Waals surface area contributed by atoms with E-state index in [-0.39, 0.29) is 22.9 Å². The van der Waals surface area contributed by atoms with Crippen molar-refractivity contribution in [3.63, 3.8) is 0 Å². The van der Waals surface area contributed by atoms with Gasteiger partial charge in [-0.05, 0) is 72.1 Å². The summed E-state index contributed by atoms with van der Waals surface area (Å²) in [5.41, 5.74) is 5.64. The van der Waals surface area contributed by atoms with E-state index in [1.807, 2.05) is 25.7 Å². The SMILES string of the molecule is CC(C)(C)OC(=O)NC1CCCN(C(=O)C23CCC(N)(CC2)CC3)C1. The minimum absolute atomic E-state index is 0.0231. The highest BCUT2D eigenvalue weighted by atomic mass is 16.6. The number of nitrogens with one attached hydrogen (secondary N) is 1. The van der Waals surface area contributed by atoms with Crippen LogP contribution in [0.15, 0.2) is 0 Å². The number of ether oxygens (including phenoxy) is 1. The van der Waals surface area contributed by atoms with Gasteiger partial charge in [0.15, 0.2) is 0 Å². The highest BCUT2D eigenvalue weighted by molar-refractivity contribution is 5.83. The normalized spacial score (nSPS) is 35.4. The van der Waals surface area contributed by atoms with Crippen LogP contribution in [-0.4, -0.2) is 47.2 Å². The molecule has 4 aliphatic rings. The monoisotopic (exact) mass is 351 g/mol. The molecule has 0 spiro atoms. The lowest BCUT2D eigenvalue weighted by Crippen LogP contribution is -2.59. The van der Waals surface area contributed by atoms with Crippen LogP contribution in [0.25, 0.3) is 0 Å². The first kappa shape index (κ1) is 18.5. The summed E-state index contributed by atoms with van der Waals surface area (Å²) in [7, 11) is 0. The number of likely N-dealkylation sites (tertiary alicyclic amines) is 1. The van der Waals surface area contributed by atoms with E-state index in [4.69, 9.17) is 10.5 Å². The summed E-state index contributed by atoms with van der Waals surface area (Å²) in [5.74, 6) is 0.282. The topological polar surface area (TPSA) is 84.7 Å². The molecule has 0 aromatic heterocycles. The van der Waals surface area contributed by atoms with E-state index in [1.54, 1.807) is 0 Å². The van der Waals surface area contributed by atoms with Gasteiger partial charge in [-0.25, -0.2) is 4.79 Å². The fourth-order valence-electron chi connectivity index (χ4n) is 4.62. The molecule has 0 aromatic carbocycles. The van der Waals surface area contributed by atoms with E-state index in [2.05, 4.69) is 5.32 Å². The second-order valence-electron chi connectivity index (χ2n) is 9.38. The van der Waals surface area contributed by atoms with Crippen molar-refractivity contribution in [1.82, 2.24) is 10.2 Å². The van der Waals surface area contributed by atoms with Crippen LogP contribution in [0.2, 0.25) is 0 Å². The third-order valence-electron chi connectivity index (χ3n) is 6.19. The van der Waals surface area contributed by atoms with Gasteiger partial charge in [0.05, 0.1) is 0 Å². The van der Waals surface area contributed by atoms with Gasteiger partial charge >= 0.3 is 6.09 Å². The Kier molecular flexibility index (Phi) is 4.77. The lowest BCUT2D eigenvalue weighted by molar-refractivity contribution is -0.150. The van der Waals surface area contributed by atoms with Crippen LogP contribution in [0.4, 0.5) is 4.79 Å². The van der Waals surface area contributed by atoms with Crippen molar-refractivity contribution in [2.75, 3.05) is 13.1 Å². The Bertz CT molecular complexity index is 516. The van der Waals surface area contributed by atoms with Gasteiger partial charge in [-0.1, -0.05) is 0 Å². The van der Waals surface area contributed by atoms with Gasteiger partial charge in [0.25, 0.3) is 0 Å². The molecule has 25 heavy (non-hydrogen) atoms. The molecule has 3 saturated carbocycles. The van der Waals surface area contributed by atoms with E-state index >= 15 is 0 Å². The van der Waals surface area contributed by atoms with Crippen molar-refractivity contribution in [1.29, 1.82) is 0 Å². The van der Waals surface area contributed by atoms with Crippen molar-refractivity contribution < 1.29 is 14.3 Å². The average molecular weight is 351 g/mol. The largest absolute Gasteiger partial charge is 0.444 e. The maximum atomic E-state index is 13.2. The second-order valence-corrected chi connectivity index (χ2v) is 9.38. The third kappa shape index (κ3) is 4.10. The number of nitrogens with two attached hydrogens (primary N) is 1. The maximum Gasteiger partial charge on any atom is 0.407 e. The van der Waals surface area contributed by atoms with Crippen molar-refractivity contribution in [2.45, 2.75) is 89.3 Å². The number of amides is 2. The molecular formula is C19H33N3O3. The first-order valence-electron chi connectivity index (χ1n) is 9.69. The number of carbonyl (C=O) groups excluding carboxylic acids is 2. The molecule has 2 bridgehead atoms. The number of hydrogen-bond donors (Lipinski definition) is 2. The molecule has 0 radical (unpaired) electrons. The molecule has 1 aliphatic heterocycles. The minimum Gasteiger partial charge on any atom is -0.444 e. The lowest BCUT2D eigenvalue weighted by Gasteiger charge is -2.52. The summed E-state index contributed by atoms with van der Waals surface area (Å²) in [6.45, 7) is 6.94. The lowest BCUT2D eigenvalue weighted by atomic mass is 9.57. The Balaban J connectivity index is 1.58. The van der Waals surface area contributed by atoms with E-state index in [0.29, 0.717) is 6.54 Å². The highest BCUT2D eigenvalue weighted by Gasteiger charge is 2.52. The van der Waals surface area contributed by atoms with Gasteiger partial charge in [-0.15, -0.1) is 0 Å². The predicted octanol–water partition coefficient (Wildman–Crippen LogP) is 2.55. The molecule has 6 heteroatoms. The van der Waals surface area contributed by atoms with Crippen LogP contribution in [0, 0.1) is 5.41 Å². The summed E-state index contributed by atoms with van der Waals surface area (Å²) in [6.07, 6.45) is 7.07. The number of rotatable bonds is 2. The third-order valence-corrected chi connectivity index (χ3v) is 6.19. The summed E-state index contributed by atoms with van der Waals surface area (Å²) < 4.78 is 5.34. The van der Waals surface area contributed by atoms with Crippen LogP contribution < -0.4 is 11.1 Å². The Hall–Kier alpha value is -1.30. The number of fused-ring (bicyclic) bond motifs is 3. The van der Waals surface area contributed by atoms with E-state index < -0.39 is 11.7 Å². The molecule has 3 N–H and O–H groups in total. The number of hydrogen-bond acceptors (Lipinski definition) is 4. The zero-order chi connectivity index (χ0) is 18.3. The number of piperidine rings is 1. The van der Waals surface area contributed by atoms with Crippen LogP contribution in [0.5, 0.6) is 0 Å². The van der Waals surface area contributed by atoms with Gasteiger partial charge < -0.3 is 20.7 Å². The Morgan fingerprint density at radius 3 is 2.28 bits per heavy atom.